The Balaban J connectivity index is 3.34. The predicted octanol–water partition coefficient (Wildman–Crippen LogP) is 0.604. The molecule has 0 aliphatic carbocycles. The van der Waals surface area contributed by atoms with Gasteiger partial charge in [0.25, 0.3) is 0 Å². The van der Waals surface area contributed by atoms with E-state index in [4.69, 9.17) is 5.73 Å². The lowest BCUT2D eigenvalue weighted by atomic mass is 10.4. The second-order valence-electron chi connectivity index (χ2n) is 1.33. The molecule has 0 saturated carbocycles. The van der Waals surface area contributed by atoms with Crippen LogP contribution in [0.2, 0.25) is 0 Å². The lowest BCUT2D eigenvalue weighted by Crippen LogP contribution is -2.04. The molecular weight excluding hydrogens is 102 g/mol. The smallest absolute Gasteiger partial charge is 0.241 e. The molecule has 0 atom stereocenters. The average Bonchev–Trinajstić information content (AvgIpc) is 1.66. The van der Waals surface area contributed by atoms with Crippen LogP contribution in [0.4, 0.5) is 0 Å². The van der Waals surface area contributed by atoms with Gasteiger partial charge in [-0.25, -0.2) is 0 Å². The van der Waals surface area contributed by atoms with Crippen LogP contribution in [-0.2, 0) is 4.79 Å². The molecule has 1 amide bonds. The summed E-state index contributed by atoms with van der Waals surface area (Å²) in [5.74, 6) is -0.410. The fraction of sp³-hybridized carbons (Fsp3) is 0.167. The molecule has 0 aromatic rings. The normalized spacial score (nSPS) is 9.50. The summed E-state index contributed by atoms with van der Waals surface area (Å²) in [6.07, 6.45) is 5.37. The number of amides is 1. The van der Waals surface area contributed by atoms with E-state index < -0.39 is 5.91 Å². The number of hydrogen-bond donors (Lipinski definition) is 1. The molecule has 0 aromatic carbocycles. The maximum Gasteiger partial charge on any atom is 0.241 e. The van der Waals surface area contributed by atoms with Gasteiger partial charge in [0.1, 0.15) is 0 Å². The van der Waals surface area contributed by atoms with E-state index in [0.717, 1.165) is 0 Å². The summed E-state index contributed by atoms with van der Waals surface area (Å²) in [5, 5.41) is 0. The van der Waals surface area contributed by atoms with Crippen LogP contribution in [0, 0.1) is 0 Å². The van der Waals surface area contributed by atoms with E-state index in [1.54, 1.807) is 12.2 Å². The number of primary amides is 1. The van der Waals surface area contributed by atoms with Crippen molar-refractivity contribution in [2.75, 3.05) is 0 Å². The third kappa shape index (κ3) is 4.95. The Morgan fingerprint density at radius 3 is 2.75 bits per heavy atom. The van der Waals surface area contributed by atoms with Crippen molar-refractivity contribution in [3.8, 4) is 0 Å². The number of carbonyl (C=O) groups is 1. The third-order valence-corrected chi connectivity index (χ3v) is 0.585. The lowest BCUT2D eigenvalue weighted by Gasteiger charge is -1.76. The van der Waals surface area contributed by atoms with Crippen molar-refractivity contribution in [1.29, 1.82) is 0 Å². The monoisotopic (exact) mass is 111 g/mol. The van der Waals surface area contributed by atoms with Gasteiger partial charge in [0.2, 0.25) is 5.91 Å². The summed E-state index contributed by atoms with van der Waals surface area (Å²) in [5.41, 5.74) is 4.77. The second kappa shape index (κ2) is 4.12. The van der Waals surface area contributed by atoms with Crippen LogP contribution in [0.5, 0.6) is 0 Å². The summed E-state index contributed by atoms with van der Waals surface area (Å²) in [4.78, 5) is 9.98. The number of nitrogens with two attached hydrogens (primary N) is 1. The van der Waals surface area contributed by atoms with Gasteiger partial charge in [0, 0.05) is 0 Å². The first-order valence-electron chi connectivity index (χ1n) is 2.34. The molecule has 0 saturated heterocycles. The van der Waals surface area contributed by atoms with Crippen molar-refractivity contribution >= 4 is 5.91 Å². The van der Waals surface area contributed by atoms with Crippen LogP contribution in [0.3, 0.4) is 0 Å². The number of carbonyl (C=O) groups excluding carboxylic acids is 1. The predicted molar refractivity (Wildman–Crippen MR) is 33.1 cm³/mol. The third-order valence-electron chi connectivity index (χ3n) is 0.585. The Hall–Kier alpha value is -1.05. The van der Waals surface area contributed by atoms with Crippen LogP contribution in [-0.4, -0.2) is 5.91 Å². The molecule has 8 heavy (non-hydrogen) atoms. The molecule has 0 aromatic heterocycles. The van der Waals surface area contributed by atoms with E-state index in [0.29, 0.717) is 6.42 Å². The highest BCUT2D eigenvalue weighted by Crippen LogP contribution is 1.80. The summed E-state index contributed by atoms with van der Waals surface area (Å²) in [6.45, 7) is 3.45. The first-order chi connectivity index (χ1) is 3.77. The zero-order chi connectivity index (χ0) is 6.41. The molecule has 0 aliphatic heterocycles. The van der Waals surface area contributed by atoms with Crippen LogP contribution in [0.25, 0.3) is 0 Å². The highest BCUT2D eigenvalue weighted by Gasteiger charge is 1.76. The maximum absolute atomic E-state index is 9.98. The van der Waals surface area contributed by atoms with Gasteiger partial charge in [-0.15, -0.1) is 6.58 Å². The van der Waals surface area contributed by atoms with Crippen molar-refractivity contribution in [1.82, 2.24) is 0 Å². The van der Waals surface area contributed by atoms with Crippen LogP contribution < -0.4 is 5.73 Å². The molecule has 0 aliphatic rings. The van der Waals surface area contributed by atoms with Gasteiger partial charge >= 0.3 is 0 Å². The fourth-order valence-electron chi connectivity index (χ4n) is 0.280. The molecule has 2 heteroatoms. The largest absolute Gasteiger partial charge is 0.366 e. The molecule has 0 rings (SSSR count). The molecular formula is C6H9NO. The standard InChI is InChI=1S/C6H9NO/c1-2-3-4-5-6(7)8/h2,4-5H,1,3H2,(H2,7,8)/b5-4+. The maximum atomic E-state index is 9.98. The summed E-state index contributed by atoms with van der Waals surface area (Å²) < 4.78 is 0. The minimum atomic E-state index is -0.410. The van der Waals surface area contributed by atoms with Gasteiger partial charge in [-0.3, -0.25) is 4.79 Å². The average molecular weight is 111 g/mol. The van der Waals surface area contributed by atoms with E-state index in [-0.39, 0.29) is 0 Å². The molecule has 2 nitrogen and oxygen atoms in total. The first kappa shape index (κ1) is 6.95. The fourth-order valence-corrected chi connectivity index (χ4v) is 0.280. The van der Waals surface area contributed by atoms with Crippen LogP contribution >= 0.6 is 0 Å². The highest BCUT2D eigenvalue weighted by molar-refractivity contribution is 5.85. The molecule has 0 spiro atoms. The molecule has 0 fully saturated rings. The van der Waals surface area contributed by atoms with Crippen molar-refractivity contribution in [2.45, 2.75) is 6.42 Å². The Kier molecular flexibility index (Phi) is 3.58. The summed E-state index contributed by atoms with van der Waals surface area (Å²) in [6, 6.07) is 0. The number of hydrogen-bond acceptors (Lipinski definition) is 1. The van der Waals surface area contributed by atoms with Gasteiger partial charge in [-0.1, -0.05) is 12.2 Å². The molecule has 0 unspecified atom stereocenters. The molecule has 0 radical (unpaired) electrons. The van der Waals surface area contributed by atoms with Crippen molar-refractivity contribution in [3.63, 3.8) is 0 Å². The van der Waals surface area contributed by atoms with Gasteiger partial charge in [0.15, 0.2) is 0 Å². The zero-order valence-corrected chi connectivity index (χ0v) is 4.63. The van der Waals surface area contributed by atoms with Crippen molar-refractivity contribution < 1.29 is 4.79 Å². The van der Waals surface area contributed by atoms with Gasteiger partial charge in [0.05, 0.1) is 0 Å². The van der Waals surface area contributed by atoms with E-state index in [1.807, 2.05) is 0 Å². The highest BCUT2D eigenvalue weighted by atomic mass is 16.1. The zero-order valence-electron chi connectivity index (χ0n) is 4.63. The Labute approximate surface area is 48.7 Å². The second-order valence-corrected chi connectivity index (χ2v) is 1.33. The van der Waals surface area contributed by atoms with Gasteiger partial charge < -0.3 is 5.73 Å². The molecule has 0 bridgehead atoms. The molecule has 0 heterocycles. The first-order valence-corrected chi connectivity index (χ1v) is 2.34. The van der Waals surface area contributed by atoms with Crippen molar-refractivity contribution in [3.05, 3.63) is 24.8 Å². The lowest BCUT2D eigenvalue weighted by molar-refractivity contribution is -0.113. The summed E-state index contributed by atoms with van der Waals surface area (Å²) in [7, 11) is 0. The SMILES string of the molecule is C=CC/C=C/C(N)=O. The van der Waals surface area contributed by atoms with Crippen LogP contribution in [0.15, 0.2) is 24.8 Å². The van der Waals surface area contributed by atoms with Gasteiger partial charge in [-0.05, 0) is 12.5 Å². The topological polar surface area (TPSA) is 43.1 Å². The molecule has 44 valence electrons. The Morgan fingerprint density at radius 2 is 2.38 bits per heavy atom. The van der Waals surface area contributed by atoms with Crippen molar-refractivity contribution in [2.24, 2.45) is 5.73 Å². The van der Waals surface area contributed by atoms with E-state index in [1.165, 1.54) is 6.08 Å². The Bertz CT molecular complexity index is 116. The van der Waals surface area contributed by atoms with E-state index in [9.17, 15) is 4.79 Å². The van der Waals surface area contributed by atoms with Gasteiger partial charge in [-0.2, -0.15) is 0 Å². The van der Waals surface area contributed by atoms with E-state index in [2.05, 4.69) is 6.58 Å². The quantitative estimate of drug-likeness (QED) is 0.420. The number of rotatable bonds is 3. The minimum Gasteiger partial charge on any atom is -0.366 e. The molecule has 2 N–H and O–H groups in total. The van der Waals surface area contributed by atoms with Crippen LogP contribution in [0.1, 0.15) is 6.42 Å². The summed E-state index contributed by atoms with van der Waals surface area (Å²) >= 11 is 0. The number of allylic oxidation sites excluding steroid dienone is 2. The Morgan fingerprint density at radius 1 is 1.75 bits per heavy atom. The van der Waals surface area contributed by atoms with E-state index >= 15 is 0 Å². The minimum absolute atomic E-state index is 0.410.